The maximum absolute atomic E-state index is 12.6. The van der Waals surface area contributed by atoms with Crippen molar-refractivity contribution < 1.29 is 14.7 Å². The number of hydrogen-bond acceptors (Lipinski definition) is 4. The molecule has 1 aliphatic heterocycles. The first-order valence-electron chi connectivity index (χ1n) is 9.36. The molecule has 1 fully saturated rings. The molecule has 2 N–H and O–H groups in total. The Labute approximate surface area is 153 Å². The highest BCUT2D eigenvalue weighted by Gasteiger charge is 2.28. The van der Waals surface area contributed by atoms with Crippen LogP contribution in [0.1, 0.15) is 50.0 Å². The van der Waals surface area contributed by atoms with Crippen LogP contribution in [0.5, 0.6) is 0 Å². The van der Waals surface area contributed by atoms with Gasteiger partial charge in [0.15, 0.2) is 0 Å². The van der Waals surface area contributed by atoms with E-state index in [2.05, 4.69) is 18.8 Å². The van der Waals surface area contributed by atoms with Crippen LogP contribution in [0.25, 0.3) is 0 Å². The number of aromatic nitrogens is 2. The predicted octanol–water partition coefficient (Wildman–Crippen LogP) is 0.575. The third-order valence-corrected chi connectivity index (χ3v) is 5.18. The second-order valence-electron chi connectivity index (χ2n) is 7.05. The number of aryl methyl sites for hydroxylation is 1. The van der Waals surface area contributed by atoms with Gasteiger partial charge in [-0.25, -0.2) is 4.79 Å². The van der Waals surface area contributed by atoms with Crippen LogP contribution in [0, 0.1) is 5.92 Å². The fraction of sp³-hybridized carbons (Fsp3) is 0.722. The van der Waals surface area contributed by atoms with E-state index in [1.807, 2.05) is 0 Å². The highest BCUT2D eigenvalue weighted by molar-refractivity contribution is 5.92. The Hall–Kier alpha value is -2.09. The number of aliphatic hydroxyl groups excluding tert-OH is 1. The molecule has 1 unspecified atom stereocenters. The summed E-state index contributed by atoms with van der Waals surface area (Å²) < 4.78 is 1.30. The lowest BCUT2D eigenvalue weighted by molar-refractivity contribution is -0.132. The Bertz CT molecular complexity index is 677. The minimum atomic E-state index is -0.797. The van der Waals surface area contributed by atoms with E-state index in [1.54, 1.807) is 11.9 Å². The Morgan fingerprint density at radius 1 is 1.23 bits per heavy atom. The molecule has 2 amide bonds. The molecule has 2 rings (SSSR count). The van der Waals surface area contributed by atoms with Gasteiger partial charge in [-0.15, -0.1) is 0 Å². The molecular formula is C18H30N4O4. The Morgan fingerprint density at radius 3 is 2.42 bits per heavy atom. The largest absolute Gasteiger partial charge is 0.389 e. The second kappa shape index (κ2) is 9.02. The number of aliphatic hydroxyl groups is 1. The van der Waals surface area contributed by atoms with Crippen molar-refractivity contribution in [3.63, 3.8) is 0 Å². The van der Waals surface area contributed by atoms with E-state index >= 15 is 0 Å². The third-order valence-electron chi connectivity index (χ3n) is 5.18. The fourth-order valence-corrected chi connectivity index (χ4v) is 3.35. The minimum Gasteiger partial charge on any atom is -0.389 e. The van der Waals surface area contributed by atoms with Crippen molar-refractivity contribution >= 4 is 11.8 Å². The number of rotatable bonds is 6. The number of carbonyl (C=O) groups excluding carboxylic acids is 2. The van der Waals surface area contributed by atoms with Crippen molar-refractivity contribution in [3.05, 3.63) is 22.4 Å². The summed E-state index contributed by atoms with van der Waals surface area (Å²) in [6, 6.07) is 0. The molecule has 26 heavy (non-hydrogen) atoms. The molecule has 0 spiro atoms. The molecule has 8 nitrogen and oxygen atoms in total. The third kappa shape index (κ3) is 4.97. The highest BCUT2D eigenvalue weighted by atomic mass is 16.3. The van der Waals surface area contributed by atoms with Crippen LogP contribution in [-0.2, 0) is 11.8 Å². The van der Waals surface area contributed by atoms with Gasteiger partial charge in [0, 0.05) is 45.8 Å². The molecule has 1 aliphatic rings. The number of nitrogens with zero attached hydrogens (tertiary/aromatic N) is 3. The number of H-pyrrole nitrogens is 1. The maximum atomic E-state index is 12.6. The molecule has 0 bridgehead atoms. The van der Waals surface area contributed by atoms with Crippen LogP contribution in [0.2, 0.25) is 0 Å². The number of β-amino-alcohol motifs (C(OH)–C–C–N with tert-alkyl or cyclic N) is 1. The first-order chi connectivity index (χ1) is 12.3. The van der Waals surface area contributed by atoms with Gasteiger partial charge in [0.05, 0.1) is 6.10 Å². The van der Waals surface area contributed by atoms with Crippen LogP contribution in [0.4, 0.5) is 0 Å². The van der Waals surface area contributed by atoms with Gasteiger partial charge in [-0.3, -0.25) is 9.59 Å². The molecule has 0 saturated carbocycles. The lowest BCUT2D eigenvalue weighted by Crippen LogP contribution is -2.38. The predicted molar refractivity (Wildman–Crippen MR) is 97.8 cm³/mol. The van der Waals surface area contributed by atoms with E-state index < -0.39 is 6.10 Å². The number of amides is 2. The molecule has 0 radical (unpaired) electrons. The average Bonchev–Trinajstić information content (AvgIpc) is 2.83. The summed E-state index contributed by atoms with van der Waals surface area (Å²) in [6.45, 7) is 5.37. The van der Waals surface area contributed by atoms with Crippen molar-refractivity contribution in [3.8, 4) is 0 Å². The number of hydrogen-bond donors (Lipinski definition) is 2. The zero-order valence-corrected chi connectivity index (χ0v) is 15.9. The zero-order valence-electron chi connectivity index (χ0n) is 15.9. The lowest BCUT2D eigenvalue weighted by atomic mass is 9.97. The monoisotopic (exact) mass is 366 g/mol. The van der Waals surface area contributed by atoms with Crippen molar-refractivity contribution in [2.75, 3.05) is 26.2 Å². The van der Waals surface area contributed by atoms with E-state index in [1.165, 1.54) is 15.7 Å². The summed E-state index contributed by atoms with van der Waals surface area (Å²) in [6.07, 6.45) is 4.09. The van der Waals surface area contributed by atoms with Gasteiger partial charge in [0.1, 0.15) is 5.69 Å². The van der Waals surface area contributed by atoms with Gasteiger partial charge in [0.2, 0.25) is 5.91 Å². The summed E-state index contributed by atoms with van der Waals surface area (Å²) in [5.41, 5.74) is -0.167. The molecule has 0 aliphatic carbocycles. The molecule has 1 atom stereocenters. The number of aromatic amines is 1. The molecule has 0 aromatic carbocycles. The molecule has 8 heteroatoms. The van der Waals surface area contributed by atoms with Crippen molar-refractivity contribution in [2.24, 2.45) is 13.0 Å². The molecule has 1 aromatic rings. The average molecular weight is 366 g/mol. The number of carbonyl (C=O) groups is 2. The van der Waals surface area contributed by atoms with Gasteiger partial charge in [-0.05, 0) is 12.3 Å². The van der Waals surface area contributed by atoms with Crippen LogP contribution < -0.4 is 5.69 Å². The fourth-order valence-electron chi connectivity index (χ4n) is 3.35. The van der Waals surface area contributed by atoms with Crippen molar-refractivity contribution in [1.29, 1.82) is 0 Å². The van der Waals surface area contributed by atoms with Gasteiger partial charge >= 0.3 is 5.69 Å². The summed E-state index contributed by atoms with van der Waals surface area (Å²) in [7, 11) is 1.56. The van der Waals surface area contributed by atoms with E-state index in [0.29, 0.717) is 25.4 Å². The first-order valence-corrected chi connectivity index (χ1v) is 9.36. The highest BCUT2D eigenvalue weighted by Crippen LogP contribution is 2.16. The molecule has 1 aromatic heterocycles. The van der Waals surface area contributed by atoms with E-state index in [4.69, 9.17) is 0 Å². The Balaban J connectivity index is 1.97. The van der Waals surface area contributed by atoms with Gasteiger partial charge in [-0.2, -0.15) is 0 Å². The summed E-state index contributed by atoms with van der Waals surface area (Å²) in [4.78, 5) is 42.2. The first kappa shape index (κ1) is 20.2. The molecule has 1 saturated heterocycles. The van der Waals surface area contributed by atoms with Gasteiger partial charge in [0.25, 0.3) is 5.91 Å². The quantitative estimate of drug-likeness (QED) is 0.769. The van der Waals surface area contributed by atoms with Crippen LogP contribution in [0.3, 0.4) is 0 Å². The van der Waals surface area contributed by atoms with Crippen molar-refractivity contribution in [2.45, 2.75) is 45.6 Å². The number of imidazole rings is 1. The lowest BCUT2D eigenvalue weighted by Gasteiger charge is -2.22. The summed E-state index contributed by atoms with van der Waals surface area (Å²) >= 11 is 0. The Morgan fingerprint density at radius 2 is 1.85 bits per heavy atom. The summed E-state index contributed by atoms with van der Waals surface area (Å²) in [5.74, 6) is 0.232. The smallest absolute Gasteiger partial charge is 0.325 e. The maximum Gasteiger partial charge on any atom is 0.325 e. The van der Waals surface area contributed by atoms with E-state index in [0.717, 1.165) is 19.3 Å². The van der Waals surface area contributed by atoms with E-state index in [-0.39, 0.29) is 36.3 Å². The van der Waals surface area contributed by atoms with Crippen LogP contribution in [-0.4, -0.2) is 68.6 Å². The molecule has 146 valence electrons. The standard InChI is InChI=1S/C18H30N4O4/c1-4-13(5-2)6-7-16(24)21-8-9-22(11-14(23)10-21)17(25)15-12-20(3)18(26)19-15/h12-14,23H,4-11H2,1-3H3,(H,19,26). The summed E-state index contributed by atoms with van der Waals surface area (Å²) in [5, 5.41) is 10.2. The molecule has 2 heterocycles. The Kier molecular flexibility index (Phi) is 7.02. The van der Waals surface area contributed by atoms with Crippen LogP contribution >= 0.6 is 0 Å². The van der Waals surface area contributed by atoms with Crippen molar-refractivity contribution in [1.82, 2.24) is 19.4 Å². The van der Waals surface area contributed by atoms with Gasteiger partial charge in [-0.1, -0.05) is 26.7 Å². The topological polar surface area (TPSA) is 98.6 Å². The second-order valence-corrected chi connectivity index (χ2v) is 7.05. The molecular weight excluding hydrogens is 336 g/mol. The minimum absolute atomic E-state index is 0.0263. The normalized spacial score (nSPS) is 18.3. The number of nitrogens with one attached hydrogen (secondary N) is 1. The zero-order chi connectivity index (χ0) is 19.3. The van der Waals surface area contributed by atoms with E-state index in [9.17, 15) is 19.5 Å². The van der Waals surface area contributed by atoms with Crippen LogP contribution in [0.15, 0.2) is 11.0 Å². The van der Waals surface area contributed by atoms with Gasteiger partial charge < -0.3 is 24.5 Å². The SMILES string of the molecule is CCC(CC)CCC(=O)N1CCN(C(=O)c2cn(C)c(=O)[nH]2)CC(O)C1.